The van der Waals surface area contributed by atoms with E-state index in [1.807, 2.05) is 24.3 Å². The second-order valence-electron chi connectivity index (χ2n) is 8.13. The van der Waals surface area contributed by atoms with Crippen LogP contribution in [0.1, 0.15) is 36.5 Å². The van der Waals surface area contributed by atoms with Gasteiger partial charge < -0.3 is 9.47 Å². The molecule has 2 aliphatic heterocycles. The average molecular weight is 374 g/mol. The van der Waals surface area contributed by atoms with Gasteiger partial charge in [0, 0.05) is 24.6 Å². The Morgan fingerprint density at radius 1 is 0.964 bits per heavy atom. The van der Waals surface area contributed by atoms with Gasteiger partial charge in [0.25, 0.3) is 0 Å². The van der Waals surface area contributed by atoms with Crippen molar-refractivity contribution >= 4 is 0 Å². The van der Waals surface area contributed by atoms with Crippen molar-refractivity contribution in [2.45, 2.75) is 36.5 Å². The molecule has 1 aliphatic carbocycles. The van der Waals surface area contributed by atoms with Crippen LogP contribution in [-0.4, -0.2) is 36.7 Å². The van der Waals surface area contributed by atoms with E-state index in [-0.39, 0.29) is 11.6 Å². The van der Waals surface area contributed by atoms with Crippen molar-refractivity contribution in [2.24, 2.45) is 5.92 Å². The lowest BCUT2D eigenvalue weighted by molar-refractivity contribution is -0.101. The molecule has 4 unspecified atom stereocenters. The SMILES string of the molecule is N#CC1(c2ccccc2)OC(c2ccccc2)C2CCCC21N1CCOCC1. The first-order chi connectivity index (χ1) is 13.8. The summed E-state index contributed by atoms with van der Waals surface area (Å²) in [6.07, 6.45) is 3.15. The number of nitrogens with zero attached hydrogens (tertiary/aromatic N) is 2. The second-order valence-corrected chi connectivity index (χ2v) is 8.13. The van der Waals surface area contributed by atoms with E-state index < -0.39 is 5.60 Å². The molecule has 4 atom stereocenters. The molecule has 4 heteroatoms. The van der Waals surface area contributed by atoms with Gasteiger partial charge in [-0.25, -0.2) is 0 Å². The second kappa shape index (κ2) is 7.00. The molecule has 0 aromatic heterocycles. The molecule has 2 aromatic rings. The zero-order valence-electron chi connectivity index (χ0n) is 16.1. The minimum Gasteiger partial charge on any atom is -0.379 e. The number of nitriles is 1. The Morgan fingerprint density at radius 3 is 2.32 bits per heavy atom. The molecule has 3 aliphatic rings. The number of hydrogen-bond acceptors (Lipinski definition) is 4. The Bertz CT molecular complexity index is 859. The lowest BCUT2D eigenvalue weighted by atomic mass is 9.69. The van der Waals surface area contributed by atoms with Crippen molar-refractivity contribution in [1.29, 1.82) is 5.26 Å². The molecule has 3 fully saturated rings. The summed E-state index contributed by atoms with van der Waals surface area (Å²) in [4.78, 5) is 2.52. The van der Waals surface area contributed by atoms with Crippen LogP contribution in [0.4, 0.5) is 0 Å². The first kappa shape index (κ1) is 17.9. The van der Waals surface area contributed by atoms with Gasteiger partial charge in [-0.15, -0.1) is 0 Å². The highest BCUT2D eigenvalue weighted by Crippen LogP contribution is 2.64. The number of morpholine rings is 1. The molecule has 0 amide bonds. The number of rotatable bonds is 3. The Labute approximate surface area is 166 Å². The number of hydrogen-bond donors (Lipinski definition) is 0. The molecule has 0 radical (unpaired) electrons. The third-order valence-electron chi connectivity index (χ3n) is 7.01. The van der Waals surface area contributed by atoms with Gasteiger partial charge in [-0.2, -0.15) is 5.26 Å². The quantitative estimate of drug-likeness (QED) is 0.813. The summed E-state index contributed by atoms with van der Waals surface area (Å²) in [7, 11) is 0. The number of benzene rings is 2. The molecule has 1 saturated carbocycles. The van der Waals surface area contributed by atoms with Gasteiger partial charge in [-0.1, -0.05) is 67.1 Å². The van der Waals surface area contributed by atoms with Crippen molar-refractivity contribution in [1.82, 2.24) is 4.90 Å². The van der Waals surface area contributed by atoms with E-state index in [1.54, 1.807) is 0 Å². The fourth-order valence-electron chi connectivity index (χ4n) is 5.93. The number of fused-ring (bicyclic) bond motifs is 1. The topological polar surface area (TPSA) is 45.5 Å². The standard InChI is InChI=1S/C24H26N2O2/c25-18-24(20-10-5-2-6-11-20)23(26-14-16-27-17-15-26)13-7-12-21(23)22(28-24)19-8-3-1-4-9-19/h1-6,8-11,21-22H,7,12-17H2. The Balaban J connectivity index is 1.70. The van der Waals surface area contributed by atoms with Crippen LogP contribution in [0, 0.1) is 17.2 Å². The van der Waals surface area contributed by atoms with Gasteiger partial charge >= 0.3 is 0 Å². The van der Waals surface area contributed by atoms with Crippen LogP contribution < -0.4 is 0 Å². The fourth-order valence-corrected chi connectivity index (χ4v) is 5.93. The summed E-state index contributed by atoms with van der Waals surface area (Å²) in [6, 6.07) is 23.3. The molecule has 144 valence electrons. The molecule has 2 aromatic carbocycles. The highest BCUT2D eigenvalue weighted by molar-refractivity contribution is 5.41. The predicted molar refractivity (Wildman–Crippen MR) is 106 cm³/mol. The van der Waals surface area contributed by atoms with Crippen LogP contribution in [0.3, 0.4) is 0 Å². The Hall–Kier alpha value is -2.19. The highest BCUT2D eigenvalue weighted by Gasteiger charge is 2.70. The first-order valence-electron chi connectivity index (χ1n) is 10.3. The zero-order chi connectivity index (χ0) is 19.0. The minimum atomic E-state index is -0.965. The number of ether oxygens (including phenoxy) is 2. The largest absolute Gasteiger partial charge is 0.379 e. The lowest BCUT2D eigenvalue weighted by Gasteiger charge is -2.49. The molecular formula is C24H26N2O2. The van der Waals surface area contributed by atoms with E-state index in [9.17, 15) is 5.26 Å². The van der Waals surface area contributed by atoms with Gasteiger partial charge in [-0.3, -0.25) is 4.90 Å². The predicted octanol–water partition coefficient (Wildman–Crippen LogP) is 4.05. The van der Waals surface area contributed by atoms with Gasteiger partial charge in [0.2, 0.25) is 0 Å². The van der Waals surface area contributed by atoms with Crippen molar-refractivity contribution < 1.29 is 9.47 Å². The molecular weight excluding hydrogens is 348 g/mol. The highest BCUT2D eigenvalue weighted by atomic mass is 16.5. The van der Waals surface area contributed by atoms with E-state index in [0.29, 0.717) is 5.92 Å². The van der Waals surface area contributed by atoms with Crippen LogP contribution in [0.2, 0.25) is 0 Å². The van der Waals surface area contributed by atoms with Crippen molar-refractivity contribution in [3.63, 3.8) is 0 Å². The summed E-state index contributed by atoms with van der Waals surface area (Å²) >= 11 is 0. The molecule has 28 heavy (non-hydrogen) atoms. The summed E-state index contributed by atoms with van der Waals surface area (Å²) in [6.45, 7) is 3.16. The smallest absolute Gasteiger partial charge is 0.198 e. The summed E-state index contributed by atoms with van der Waals surface area (Å²) in [5, 5.41) is 10.6. The molecule has 4 nitrogen and oxygen atoms in total. The lowest BCUT2D eigenvalue weighted by Crippen LogP contribution is -2.63. The Morgan fingerprint density at radius 2 is 1.64 bits per heavy atom. The maximum Gasteiger partial charge on any atom is 0.198 e. The molecule has 5 rings (SSSR count). The zero-order valence-corrected chi connectivity index (χ0v) is 16.1. The average Bonchev–Trinajstić information content (AvgIpc) is 3.33. The normalized spacial score (nSPS) is 35.4. The van der Waals surface area contributed by atoms with E-state index in [1.165, 1.54) is 5.56 Å². The van der Waals surface area contributed by atoms with Gasteiger partial charge in [-0.05, 0) is 18.4 Å². The minimum absolute atomic E-state index is 0.0635. The van der Waals surface area contributed by atoms with Crippen molar-refractivity contribution in [3.05, 3.63) is 71.8 Å². The maximum atomic E-state index is 10.6. The molecule has 0 spiro atoms. The third kappa shape index (κ3) is 2.40. The van der Waals surface area contributed by atoms with E-state index in [2.05, 4.69) is 47.4 Å². The molecule has 2 saturated heterocycles. The van der Waals surface area contributed by atoms with Gasteiger partial charge in [0.05, 0.1) is 24.9 Å². The summed E-state index contributed by atoms with van der Waals surface area (Å²) in [5.74, 6) is 0.299. The van der Waals surface area contributed by atoms with Crippen LogP contribution >= 0.6 is 0 Å². The summed E-state index contributed by atoms with van der Waals surface area (Å²) in [5.41, 5.74) is 0.884. The van der Waals surface area contributed by atoms with Crippen molar-refractivity contribution in [3.8, 4) is 6.07 Å². The summed E-state index contributed by atoms with van der Waals surface area (Å²) < 4.78 is 12.5. The van der Waals surface area contributed by atoms with E-state index in [4.69, 9.17) is 9.47 Å². The molecule has 2 heterocycles. The van der Waals surface area contributed by atoms with Gasteiger partial charge in [0.1, 0.15) is 6.07 Å². The van der Waals surface area contributed by atoms with Crippen molar-refractivity contribution in [2.75, 3.05) is 26.3 Å². The van der Waals surface area contributed by atoms with Crippen LogP contribution in [-0.2, 0) is 15.1 Å². The molecule has 0 N–H and O–H groups in total. The Kier molecular flexibility index (Phi) is 4.47. The maximum absolute atomic E-state index is 10.6. The van der Waals surface area contributed by atoms with E-state index >= 15 is 0 Å². The third-order valence-corrected chi connectivity index (χ3v) is 7.01. The molecule has 0 bridgehead atoms. The van der Waals surface area contributed by atoms with Crippen LogP contribution in [0.25, 0.3) is 0 Å². The van der Waals surface area contributed by atoms with Crippen LogP contribution in [0.15, 0.2) is 60.7 Å². The monoisotopic (exact) mass is 374 g/mol. The fraction of sp³-hybridized carbons (Fsp3) is 0.458. The van der Waals surface area contributed by atoms with Crippen LogP contribution in [0.5, 0.6) is 0 Å². The first-order valence-corrected chi connectivity index (χ1v) is 10.3. The van der Waals surface area contributed by atoms with E-state index in [0.717, 1.165) is 51.1 Å². The van der Waals surface area contributed by atoms with Gasteiger partial charge in [0.15, 0.2) is 5.60 Å².